The van der Waals surface area contributed by atoms with Gasteiger partial charge < -0.3 is 5.32 Å². The Bertz CT molecular complexity index is 346. The summed E-state index contributed by atoms with van der Waals surface area (Å²) in [6.45, 7) is 0. The molecule has 0 bridgehead atoms. The van der Waals surface area contributed by atoms with Gasteiger partial charge in [-0.25, -0.2) is 4.79 Å². The van der Waals surface area contributed by atoms with Gasteiger partial charge in [-0.2, -0.15) is 0 Å². The largest absolute Gasteiger partial charge is 0.330 e. The Hall–Kier alpha value is -1.84. The third-order valence-electron chi connectivity index (χ3n) is 2.15. The molecule has 0 saturated carbocycles. The minimum absolute atomic E-state index is 0.197. The molecule has 1 aliphatic heterocycles. The highest BCUT2D eigenvalue weighted by Crippen LogP contribution is 2.18. The highest BCUT2D eigenvalue weighted by Gasteiger charge is 2.24. The van der Waals surface area contributed by atoms with Crippen LogP contribution in [0.15, 0.2) is 30.3 Å². The van der Waals surface area contributed by atoms with Crippen molar-refractivity contribution in [3.05, 3.63) is 35.9 Å². The summed E-state index contributed by atoms with van der Waals surface area (Å²) in [4.78, 5) is 22.1. The van der Waals surface area contributed by atoms with Crippen LogP contribution >= 0.6 is 0 Å². The summed E-state index contributed by atoms with van der Waals surface area (Å²) >= 11 is 0. The first-order valence-electron chi connectivity index (χ1n) is 4.41. The molecular formula is C10H10N2O2. The topological polar surface area (TPSA) is 58.2 Å². The highest BCUT2D eigenvalue weighted by molar-refractivity contribution is 5.97. The zero-order valence-electron chi connectivity index (χ0n) is 7.49. The molecule has 0 radical (unpaired) electrons. The predicted molar refractivity (Wildman–Crippen MR) is 50.5 cm³/mol. The summed E-state index contributed by atoms with van der Waals surface area (Å²) in [5, 5.41) is 4.88. The van der Waals surface area contributed by atoms with Crippen molar-refractivity contribution in [1.29, 1.82) is 0 Å². The Morgan fingerprint density at radius 2 is 1.86 bits per heavy atom. The van der Waals surface area contributed by atoms with Gasteiger partial charge >= 0.3 is 6.03 Å². The quantitative estimate of drug-likeness (QED) is 0.692. The molecule has 1 heterocycles. The van der Waals surface area contributed by atoms with Crippen molar-refractivity contribution >= 4 is 11.9 Å². The van der Waals surface area contributed by atoms with Crippen molar-refractivity contribution < 1.29 is 9.59 Å². The zero-order valence-corrected chi connectivity index (χ0v) is 7.49. The highest BCUT2D eigenvalue weighted by atomic mass is 16.2. The summed E-state index contributed by atoms with van der Waals surface area (Å²) in [6.07, 6.45) is 0.301. The minimum Gasteiger partial charge on any atom is -0.330 e. The molecule has 1 aromatic carbocycles. The number of imide groups is 1. The third kappa shape index (κ3) is 1.74. The van der Waals surface area contributed by atoms with E-state index in [4.69, 9.17) is 0 Å². The van der Waals surface area contributed by atoms with Crippen LogP contribution in [0.2, 0.25) is 0 Å². The van der Waals surface area contributed by atoms with E-state index in [1.807, 2.05) is 30.3 Å². The van der Waals surface area contributed by atoms with E-state index in [1.165, 1.54) is 0 Å². The predicted octanol–water partition coefficient (Wildman–Crippen LogP) is 0.957. The van der Waals surface area contributed by atoms with Gasteiger partial charge in [0.05, 0.1) is 12.5 Å². The van der Waals surface area contributed by atoms with Crippen LogP contribution in [0.5, 0.6) is 0 Å². The maximum Gasteiger partial charge on any atom is 0.321 e. The second-order valence-electron chi connectivity index (χ2n) is 3.19. The minimum atomic E-state index is -0.421. The fourth-order valence-corrected chi connectivity index (χ4v) is 1.49. The van der Waals surface area contributed by atoms with Crippen molar-refractivity contribution in [3.63, 3.8) is 0 Å². The van der Waals surface area contributed by atoms with Crippen LogP contribution in [0, 0.1) is 0 Å². The molecule has 1 fully saturated rings. The van der Waals surface area contributed by atoms with Crippen molar-refractivity contribution in [1.82, 2.24) is 10.6 Å². The Balaban J connectivity index is 2.19. The standard InChI is InChI=1S/C10H10N2O2/c13-9-6-8(11-10(14)12-9)7-4-2-1-3-5-7/h1-5,8H,6H2,(H2,11,12,13,14)/t8-/m0/s1. The summed E-state index contributed by atoms with van der Waals surface area (Å²) in [7, 11) is 0. The van der Waals surface area contributed by atoms with Crippen molar-refractivity contribution in [2.75, 3.05) is 0 Å². The molecule has 3 amide bonds. The molecule has 14 heavy (non-hydrogen) atoms. The summed E-state index contributed by atoms with van der Waals surface area (Å²) in [5.74, 6) is -0.234. The van der Waals surface area contributed by atoms with Gasteiger partial charge in [0, 0.05) is 0 Å². The lowest BCUT2D eigenvalue weighted by Crippen LogP contribution is -2.48. The smallest absolute Gasteiger partial charge is 0.321 e. The van der Waals surface area contributed by atoms with Gasteiger partial charge in [0.15, 0.2) is 0 Å². The monoisotopic (exact) mass is 190 g/mol. The van der Waals surface area contributed by atoms with E-state index in [0.717, 1.165) is 5.56 Å². The second-order valence-corrected chi connectivity index (χ2v) is 3.19. The number of benzene rings is 1. The molecule has 2 rings (SSSR count). The van der Waals surface area contributed by atoms with Gasteiger partial charge in [0.1, 0.15) is 0 Å². The molecule has 0 unspecified atom stereocenters. The molecule has 72 valence electrons. The van der Waals surface area contributed by atoms with E-state index < -0.39 is 6.03 Å². The van der Waals surface area contributed by atoms with E-state index in [2.05, 4.69) is 10.6 Å². The molecule has 4 nitrogen and oxygen atoms in total. The van der Waals surface area contributed by atoms with E-state index in [9.17, 15) is 9.59 Å². The molecule has 1 aromatic rings. The van der Waals surface area contributed by atoms with Crippen LogP contribution in [0.4, 0.5) is 4.79 Å². The second kappa shape index (κ2) is 3.49. The first-order chi connectivity index (χ1) is 6.75. The number of hydrogen-bond acceptors (Lipinski definition) is 2. The maximum atomic E-state index is 11.1. The first kappa shape index (κ1) is 8.74. The van der Waals surface area contributed by atoms with Gasteiger partial charge in [-0.05, 0) is 5.56 Å². The molecule has 0 aromatic heterocycles. The number of carbonyl (C=O) groups excluding carboxylic acids is 2. The van der Waals surface area contributed by atoms with E-state index in [0.29, 0.717) is 6.42 Å². The summed E-state index contributed by atoms with van der Waals surface area (Å²) < 4.78 is 0. The molecule has 1 atom stereocenters. The average molecular weight is 190 g/mol. The molecule has 2 N–H and O–H groups in total. The maximum absolute atomic E-state index is 11.1. The van der Waals surface area contributed by atoms with Crippen molar-refractivity contribution in [2.45, 2.75) is 12.5 Å². The first-order valence-corrected chi connectivity index (χ1v) is 4.41. The Morgan fingerprint density at radius 1 is 1.14 bits per heavy atom. The van der Waals surface area contributed by atoms with Crippen LogP contribution in [-0.2, 0) is 4.79 Å². The number of rotatable bonds is 1. The van der Waals surface area contributed by atoms with Gasteiger partial charge in [-0.1, -0.05) is 30.3 Å². The summed E-state index contributed by atoms with van der Waals surface area (Å²) in [6, 6.07) is 8.83. The molecule has 0 spiro atoms. The van der Waals surface area contributed by atoms with Gasteiger partial charge in [0.2, 0.25) is 5.91 Å². The Kier molecular flexibility index (Phi) is 2.18. The third-order valence-corrected chi connectivity index (χ3v) is 2.15. The van der Waals surface area contributed by atoms with Gasteiger partial charge in [-0.3, -0.25) is 10.1 Å². The van der Waals surface area contributed by atoms with Crippen LogP contribution in [0.3, 0.4) is 0 Å². The van der Waals surface area contributed by atoms with E-state index in [1.54, 1.807) is 0 Å². The molecule has 1 saturated heterocycles. The van der Waals surface area contributed by atoms with Crippen LogP contribution in [0.1, 0.15) is 18.0 Å². The zero-order chi connectivity index (χ0) is 9.97. The Labute approximate surface area is 81.3 Å². The lowest BCUT2D eigenvalue weighted by molar-refractivity contribution is -0.121. The number of carbonyl (C=O) groups is 2. The number of amides is 3. The Morgan fingerprint density at radius 3 is 2.50 bits per heavy atom. The summed E-state index contributed by atoms with van der Waals surface area (Å²) in [5.41, 5.74) is 0.954. The molecule has 0 aliphatic carbocycles. The lowest BCUT2D eigenvalue weighted by Gasteiger charge is -2.23. The van der Waals surface area contributed by atoms with Gasteiger partial charge in [0.25, 0.3) is 0 Å². The molecule has 4 heteroatoms. The average Bonchev–Trinajstić information content (AvgIpc) is 2.18. The fraction of sp³-hybridized carbons (Fsp3) is 0.200. The fourth-order valence-electron chi connectivity index (χ4n) is 1.49. The van der Waals surface area contributed by atoms with E-state index in [-0.39, 0.29) is 11.9 Å². The van der Waals surface area contributed by atoms with Crippen LogP contribution in [-0.4, -0.2) is 11.9 Å². The number of nitrogens with one attached hydrogen (secondary N) is 2. The van der Waals surface area contributed by atoms with Crippen molar-refractivity contribution in [2.24, 2.45) is 0 Å². The lowest BCUT2D eigenvalue weighted by atomic mass is 10.0. The number of hydrogen-bond donors (Lipinski definition) is 2. The number of urea groups is 1. The van der Waals surface area contributed by atoms with Crippen molar-refractivity contribution in [3.8, 4) is 0 Å². The molecule has 1 aliphatic rings. The SMILES string of the molecule is O=C1C[C@@H](c2ccccc2)NC(=O)N1. The van der Waals surface area contributed by atoms with Gasteiger partial charge in [-0.15, -0.1) is 0 Å². The van der Waals surface area contributed by atoms with Crippen LogP contribution < -0.4 is 10.6 Å². The van der Waals surface area contributed by atoms with E-state index >= 15 is 0 Å². The normalized spacial score (nSPS) is 21.3. The molecular weight excluding hydrogens is 180 g/mol. The van der Waals surface area contributed by atoms with Crippen LogP contribution in [0.25, 0.3) is 0 Å².